The first-order chi connectivity index (χ1) is 8.04. The van der Waals surface area contributed by atoms with Gasteiger partial charge in [0, 0.05) is 36.0 Å². The summed E-state index contributed by atoms with van der Waals surface area (Å²) in [4.78, 5) is 19.2. The first-order valence-corrected chi connectivity index (χ1v) is 6.87. The third-order valence-electron chi connectivity index (χ3n) is 3.14. The molecule has 0 radical (unpaired) electrons. The van der Waals surface area contributed by atoms with Crippen LogP contribution in [0.2, 0.25) is 0 Å². The third kappa shape index (κ3) is 2.21. The standard InChI is InChI=1S/C12H19N3OS/c1-4-15-10(16)5-8(13)11(15)9-6-14-12(17-9)7(2)3/h6-8,11H,4-5,13H2,1-3H3/t8-,11-/m0/s1. The predicted octanol–water partition coefficient (Wildman–Crippen LogP) is 1.89. The highest BCUT2D eigenvalue weighted by molar-refractivity contribution is 7.11. The fourth-order valence-corrected chi connectivity index (χ4v) is 3.37. The maximum atomic E-state index is 11.8. The molecule has 1 aliphatic rings. The van der Waals surface area contributed by atoms with Crippen molar-refractivity contribution >= 4 is 17.2 Å². The Balaban J connectivity index is 2.28. The SMILES string of the molecule is CCN1C(=O)C[C@H](N)[C@H]1c1cnc(C(C)C)s1. The molecule has 0 aromatic carbocycles. The van der Waals surface area contributed by atoms with Crippen LogP contribution in [0.1, 0.15) is 49.0 Å². The molecule has 94 valence electrons. The minimum absolute atomic E-state index is 0.0255. The average Bonchev–Trinajstić information content (AvgIpc) is 2.82. The fraction of sp³-hybridized carbons (Fsp3) is 0.667. The van der Waals surface area contributed by atoms with E-state index in [1.165, 1.54) is 0 Å². The van der Waals surface area contributed by atoms with E-state index in [0.717, 1.165) is 9.88 Å². The molecule has 1 amide bonds. The van der Waals surface area contributed by atoms with E-state index in [-0.39, 0.29) is 18.0 Å². The summed E-state index contributed by atoms with van der Waals surface area (Å²) in [5, 5.41) is 1.11. The van der Waals surface area contributed by atoms with E-state index in [9.17, 15) is 4.79 Å². The molecule has 4 nitrogen and oxygen atoms in total. The van der Waals surface area contributed by atoms with Crippen LogP contribution >= 0.6 is 11.3 Å². The van der Waals surface area contributed by atoms with Crippen molar-refractivity contribution in [3.8, 4) is 0 Å². The second-order valence-corrected chi connectivity index (χ2v) is 5.84. The van der Waals surface area contributed by atoms with Crippen molar-refractivity contribution < 1.29 is 4.79 Å². The van der Waals surface area contributed by atoms with Crippen LogP contribution in [0.15, 0.2) is 6.20 Å². The van der Waals surface area contributed by atoms with Gasteiger partial charge in [0.1, 0.15) is 0 Å². The fourth-order valence-electron chi connectivity index (χ4n) is 2.26. The van der Waals surface area contributed by atoms with E-state index < -0.39 is 0 Å². The zero-order valence-corrected chi connectivity index (χ0v) is 11.3. The van der Waals surface area contributed by atoms with Crippen LogP contribution in [0.4, 0.5) is 0 Å². The van der Waals surface area contributed by atoms with Crippen LogP contribution in [0.5, 0.6) is 0 Å². The summed E-state index contributed by atoms with van der Waals surface area (Å²) < 4.78 is 0. The largest absolute Gasteiger partial charge is 0.333 e. The molecule has 2 N–H and O–H groups in total. The van der Waals surface area contributed by atoms with E-state index in [2.05, 4.69) is 18.8 Å². The van der Waals surface area contributed by atoms with Gasteiger partial charge >= 0.3 is 0 Å². The normalized spacial score (nSPS) is 25.0. The van der Waals surface area contributed by atoms with Crippen molar-refractivity contribution in [2.75, 3.05) is 6.54 Å². The highest BCUT2D eigenvalue weighted by Crippen LogP contribution is 2.36. The third-order valence-corrected chi connectivity index (χ3v) is 4.51. The van der Waals surface area contributed by atoms with Crippen LogP contribution in [-0.4, -0.2) is 28.4 Å². The number of thiazole rings is 1. The number of nitrogens with two attached hydrogens (primary N) is 1. The number of likely N-dealkylation sites (N-methyl/N-ethyl adjacent to an activating group) is 1. The first kappa shape index (κ1) is 12.5. The molecule has 0 aliphatic carbocycles. The molecule has 2 heterocycles. The summed E-state index contributed by atoms with van der Waals surface area (Å²) in [6, 6.07) is -0.0691. The van der Waals surface area contributed by atoms with Crippen molar-refractivity contribution in [3.05, 3.63) is 16.1 Å². The van der Waals surface area contributed by atoms with E-state index in [1.54, 1.807) is 11.3 Å². The zero-order chi connectivity index (χ0) is 12.6. The Hall–Kier alpha value is -0.940. The molecular formula is C12H19N3OS. The predicted molar refractivity (Wildman–Crippen MR) is 68.9 cm³/mol. The zero-order valence-electron chi connectivity index (χ0n) is 10.5. The molecule has 0 spiro atoms. The van der Waals surface area contributed by atoms with Crippen LogP contribution in [0.3, 0.4) is 0 Å². The number of carbonyl (C=O) groups excluding carboxylic acids is 1. The number of nitrogens with zero attached hydrogens (tertiary/aromatic N) is 2. The second kappa shape index (κ2) is 4.74. The smallest absolute Gasteiger partial charge is 0.224 e. The van der Waals surface area contributed by atoms with Crippen molar-refractivity contribution in [3.63, 3.8) is 0 Å². The summed E-state index contributed by atoms with van der Waals surface area (Å²) >= 11 is 1.68. The highest BCUT2D eigenvalue weighted by atomic mass is 32.1. The van der Waals surface area contributed by atoms with Gasteiger partial charge in [-0.3, -0.25) is 4.79 Å². The van der Waals surface area contributed by atoms with Gasteiger partial charge in [-0.15, -0.1) is 11.3 Å². The molecule has 0 bridgehead atoms. The van der Waals surface area contributed by atoms with E-state index in [1.807, 2.05) is 18.0 Å². The second-order valence-electron chi connectivity index (χ2n) is 4.75. The Morgan fingerprint density at radius 3 is 2.88 bits per heavy atom. The lowest BCUT2D eigenvalue weighted by Crippen LogP contribution is -2.32. The van der Waals surface area contributed by atoms with Gasteiger partial charge in [0.2, 0.25) is 5.91 Å². The summed E-state index contributed by atoms with van der Waals surface area (Å²) in [7, 11) is 0. The maximum Gasteiger partial charge on any atom is 0.224 e. The van der Waals surface area contributed by atoms with Gasteiger partial charge in [0.15, 0.2) is 0 Å². The molecule has 2 atom stereocenters. The monoisotopic (exact) mass is 253 g/mol. The molecule has 1 aromatic rings. The molecule has 1 fully saturated rings. The lowest BCUT2D eigenvalue weighted by atomic mass is 10.1. The number of likely N-dealkylation sites (tertiary alicyclic amines) is 1. The number of hydrogen-bond acceptors (Lipinski definition) is 4. The molecule has 17 heavy (non-hydrogen) atoms. The lowest BCUT2D eigenvalue weighted by Gasteiger charge is -2.24. The first-order valence-electron chi connectivity index (χ1n) is 6.05. The highest BCUT2D eigenvalue weighted by Gasteiger charge is 2.38. The van der Waals surface area contributed by atoms with Gasteiger partial charge in [0.05, 0.1) is 11.0 Å². The number of aromatic nitrogens is 1. The van der Waals surface area contributed by atoms with Crippen molar-refractivity contribution in [2.24, 2.45) is 5.73 Å². The quantitative estimate of drug-likeness (QED) is 0.895. The van der Waals surface area contributed by atoms with Gasteiger partial charge in [-0.05, 0) is 6.92 Å². The van der Waals surface area contributed by atoms with Crippen LogP contribution < -0.4 is 5.73 Å². The van der Waals surface area contributed by atoms with Gasteiger partial charge in [-0.25, -0.2) is 4.98 Å². The van der Waals surface area contributed by atoms with Crippen molar-refractivity contribution in [1.82, 2.24) is 9.88 Å². The topological polar surface area (TPSA) is 59.2 Å². The number of rotatable bonds is 3. The van der Waals surface area contributed by atoms with Gasteiger partial charge in [-0.1, -0.05) is 13.8 Å². The summed E-state index contributed by atoms with van der Waals surface area (Å²) in [5.74, 6) is 0.585. The molecule has 0 unspecified atom stereocenters. The van der Waals surface area contributed by atoms with Gasteiger partial charge in [0.25, 0.3) is 0 Å². The molecule has 1 aromatic heterocycles. The Morgan fingerprint density at radius 2 is 2.35 bits per heavy atom. The molecule has 1 saturated heterocycles. The summed E-state index contributed by atoms with van der Waals surface area (Å²) in [6.45, 7) is 6.96. The minimum Gasteiger partial charge on any atom is -0.333 e. The van der Waals surface area contributed by atoms with Crippen molar-refractivity contribution in [1.29, 1.82) is 0 Å². The molecule has 2 rings (SSSR count). The molecule has 1 aliphatic heterocycles. The van der Waals surface area contributed by atoms with Gasteiger partial charge in [-0.2, -0.15) is 0 Å². The Morgan fingerprint density at radius 1 is 1.65 bits per heavy atom. The van der Waals surface area contributed by atoms with E-state index >= 15 is 0 Å². The lowest BCUT2D eigenvalue weighted by molar-refractivity contribution is -0.128. The van der Waals surface area contributed by atoms with E-state index in [0.29, 0.717) is 18.9 Å². The number of amides is 1. The number of carbonyl (C=O) groups is 1. The molecular weight excluding hydrogens is 234 g/mol. The minimum atomic E-state index is -0.0945. The maximum absolute atomic E-state index is 11.8. The summed E-state index contributed by atoms with van der Waals surface area (Å²) in [6.07, 6.45) is 2.33. The Kier molecular flexibility index (Phi) is 3.49. The van der Waals surface area contributed by atoms with E-state index in [4.69, 9.17) is 5.73 Å². The molecule has 0 saturated carbocycles. The van der Waals surface area contributed by atoms with Crippen LogP contribution in [0, 0.1) is 0 Å². The van der Waals surface area contributed by atoms with Crippen LogP contribution in [-0.2, 0) is 4.79 Å². The van der Waals surface area contributed by atoms with Gasteiger partial charge < -0.3 is 10.6 Å². The average molecular weight is 253 g/mol. The van der Waals surface area contributed by atoms with Crippen LogP contribution in [0.25, 0.3) is 0 Å². The number of hydrogen-bond donors (Lipinski definition) is 1. The summed E-state index contributed by atoms with van der Waals surface area (Å²) in [5.41, 5.74) is 6.07. The molecule has 5 heteroatoms. The van der Waals surface area contributed by atoms with Crippen molar-refractivity contribution in [2.45, 2.75) is 45.2 Å². The Bertz CT molecular complexity index is 416. The Labute approximate surface area is 106 Å².